The van der Waals surface area contributed by atoms with Crippen molar-refractivity contribution in [2.45, 2.75) is 45.6 Å². The highest BCUT2D eigenvalue weighted by Crippen LogP contribution is 2.35. The predicted octanol–water partition coefficient (Wildman–Crippen LogP) is 2.38. The maximum atomic E-state index is 12.7. The van der Waals surface area contributed by atoms with Crippen molar-refractivity contribution in [3.05, 3.63) is 0 Å². The summed E-state index contributed by atoms with van der Waals surface area (Å²) in [6.07, 6.45) is -0.0939. The van der Waals surface area contributed by atoms with Crippen LogP contribution in [0.25, 0.3) is 0 Å². The molecule has 1 atom stereocenters. The molecule has 0 aliphatic carbocycles. The molecule has 0 heterocycles. The zero-order valence-corrected chi connectivity index (χ0v) is 16.2. The van der Waals surface area contributed by atoms with E-state index in [2.05, 4.69) is 11.7 Å². The number of quaternary nitrogens is 1. The number of carboxylic acid groups (broad SMARTS) is 1. The Morgan fingerprint density at radius 2 is 1.57 bits per heavy atom. The molecule has 0 aliphatic heterocycles. The van der Waals surface area contributed by atoms with E-state index in [4.69, 9.17) is 4.18 Å². The molecule has 0 aromatic rings. The molecule has 0 spiro atoms. The fourth-order valence-electron chi connectivity index (χ4n) is 2.53. The van der Waals surface area contributed by atoms with Crippen LogP contribution in [-0.4, -0.2) is 60.9 Å². The van der Waals surface area contributed by atoms with Crippen molar-refractivity contribution in [3.8, 4) is 0 Å². The number of carbonyl (C=O) groups is 3. The number of likely N-dealkylation sites (N-methyl/N-ethyl adjacent to an activating group) is 1. The number of carboxylic acids is 1. The van der Waals surface area contributed by atoms with E-state index in [0.29, 0.717) is 28.4 Å². The lowest BCUT2D eigenvalue weighted by atomic mass is 9.71. The van der Waals surface area contributed by atoms with Gasteiger partial charge >= 0.3 is 5.97 Å². The quantitative estimate of drug-likeness (QED) is 0.181. The highest BCUT2D eigenvalue weighted by molar-refractivity contribution is 8.66. The molecule has 134 valence electrons. The smallest absolute Gasteiger partial charge is 0.327 e. The molecular weight excluding hydrogens is 338 g/mol. The van der Waals surface area contributed by atoms with Crippen LogP contribution in [0, 0.1) is 5.41 Å². The second-order valence-electron chi connectivity index (χ2n) is 6.59. The molecule has 0 rings (SSSR count). The van der Waals surface area contributed by atoms with E-state index in [9.17, 15) is 19.5 Å². The number of hydrogen-bond donors (Lipinski definition) is 2. The number of rotatable bonds is 12. The third kappa shape index (κ3) is 5.77. The molecular formula is C15H28NO5S2+. The van der Waals surface area contributed by atoms with Gasteiger partial charge in [0.05, 0.1) is 32.2 Å². The summed E-state index contributed by atoms with van der Waals surface area (Å²) in [5, 5.41) is 9.85. The minimum Gasteiger partial charge on any atom is -0.480 e. The van der Waals surface area contributed by atoms with Crippen LogP contribution in [0.5, 0.6) is 0 Å². The molecule has 0 bridgehead atoms. The maximum Gasteiger partial charge on any atom is 0.327 e. The first kappa shape index (κ1) is 22.4. The summed E-state index contributed by atoms with van der Waals surface area (Å²) < 4.78 is 5.78. The normalized spacial score (nSPS) is 13.7. The molecule has 0 aromatic heterocycles. The van der Waals surface area contributed by atoms with Gasteiger partial charge < -0.3 is 9.59 Å². The average Bonchev–Trinajstić information content (AvgIpc) is 2.38. The van der Waals surface area contributed by atoms with Crippen LogP contribution in [0.15, 0.2) is 0 Å². The summed E-state index contributed by atoms with van der Waals surface area (Å²) in [5.41, 5.74) is -2.17. The van der Waals surface area contributed by atoms with Crippen LogP contribution >= 0.6 is 22.7 Å². The summed E-state index contributed by atoms with van der Waals surface area (Å²) in [6.45, 7) is 3.75. The van der Waals surface area contributed by atoms with Gasteiger partial charge in [0.1, 0.15) is 6.54 Å². The Labute approximate surface area is 147 Å². The molecule has 1 unspecified atom stereocenters. The van der Waals surface area contributed by atoms with E-state index in [1.165, 1.54) is 0 Å². The Balaban J connectivity index is 6.15. The Morgan fingerprint density at radius 3 is 1.83 bits per heavy atom. The van der Waals surface area contributed by atoms with E-state index >= 15 is 0 Å². The van der Waals surface area contributed by atoms with Crippen molar-refractivity contribution >= 4 is 40.3 Å². The van der Waals surface area contributed by atoms with Gasteiger partial charge in [-0.25, -0.2) is 0 Å². The van der Waals surface area contributed by atoms with Crippen molar-refractivity contribution in [1.82, 2.24) is 0 Å². The van der Waals surface area contributed by atoms with E-state index in [0.717, 1.165) is 0 Å². The first-order valence-corrected chi connectivity index (χ1v) is 9.44. The minimum atomic E-state index is -2.17. The molecule has 0 saturated carbocycles. The molecule has 0 amide bonds. The Hall–Kier alpha value is -0.570. The largest absolute Gasteiger partial charge is 0.480 e. The van der Waals surface area contributed by atoms with E-state index in [1.54, 1.807) is 13.8 Å². The van der Waals surface area contributed by atoms with Crippen molar-refractivity contribution in [3.63, 3.8) is 0 Å². The molecule has 0 radical (unpaired) electrons. The Morgan fingerprint density at radius 1 is 1.13 bits per heavy atom. The van der Waals surface area contributed by atoms with Crippen LogP contribution in [0.2, 0.25) is 0 Å². The molecule has 8 heteroatoms. The Bertz CT molecular complexity index is 416. The topological polar surface area (TPSA) is 80.7 Å². The van der Waals surface area contributed by atoms with E-state index in [1.807, 2.05) is 21.1 Å². The second kappa shape index (κ2) is 9.66. The van der Waals surface area contributed by atoms with Gasteiger partial charge in [-0.15, -0.1) is 0 Å². The third-order valence-electron chi connectivity index (χ3n) is 3.53. The molecule has 6 nitrogen and oxygen atoms in total. The number of aliphatic carboxylic acids is 1. The van der Waals surface area contributed by atoms with Crippen LogP contribution in [0.4, 0.5) is 0 Å². The molecule has 0 aliphatic rings. The van der Waals surface area contributed by atoms with Crippen molar-refractivity contribution < 1.29 is 28.2 Å². The van der Waals surface area contributed by atoms with Gasteiger partial charge in [-0.1, -0.05) is 25.5 Å². The number of hydrogen-bond acceptors (Lipinski definition) is 6. The third-order valence-corrected chi connectivity index (χ3v) is 4.10. The summed E-state index contributed by atoms with van der Waals surface area (Å²) in [6, 6.07) is 0. The fourth-order valence-corrected chi connectivity index (χ4v) is 3.15. The lowest BCUT2D eigenvalue weighted by Gasteiger charge is -2.37. The van der Waals surface area contributed by atoms with E-state index in [-0.39, 0.29) is 19.4 Å². The number of nitrogens with zero attached hydrogens (tertiary/aromatic N) is 1. The molecule has 0 saturated heterocycles. The first-order chi connectivity index (χ1) is 10.6. The van der Waals surface area contributed by atoms with Gasteiger partial charge in [-0.2, -0.15) is 0 Å². The lowest BCUT2D eigenvalue weighted by molar-refractivity contribution is -0.873. The van der Waals surface area contributed by atoms with Crippen LogP contribution < -0.4 is 0 Å². The minimum absolute atomic E-state index is 0.0238. The van der Waals surface area contributed by atoms with E-state index < -0.39 is 29.1 Å². The van der Waals surface area contributed by atoms with Gasteiger partial charge in [0.25, 0.3) is 0 Å². The number of thiol groups is 1. The van der Waals surface area contributed by atoms with Crippen molar-refractivity contribution in [1.29, 1.82) is 0 Å². The second-order valence-corrected chi connectivity index (χ2v) is 7.38. The van der Waals surface area contributed by atoms with Crippen LogP contribution in [0.1, 0.15) is 39.5 Å². The van der Waals surface area contributed by atoms with Crippen molar-refractivity contribution in [2.75, 3.05) is 27.7 Å². The zero-order chi connectivity index (χ0) is 18.3. The zero-order valence-electron chi connectivity index (χ0n) is 14.5. The lowest BCUT2D eigenvalue weighted by Crippen LogP contribution is -2.60. The highest BCUT2D eigenvalue weighted by Gasteiger charge is 2.59. The maximum absolute atomic E-state index is 12.7. The number of ketones is 2. The SMILES string of the molecule is CCCC(=O)C(C(=O)O)(C(=O)CCC)C(C[N+](C)(C)C)OSS. The Kier molecular flexibility index (Phi) is 9.42. The summed E-state index contributed by atoms with van der Waals surface area (Å²) in [4.78, 5) is 37.5. The van der Waals surface area contributed by atoms with Crippen LogP contribution in [0.3, 0.4) is 0 Å². The van der Waals surface area contributed by atoms with Gasteiger partial charge in [0, 0.05) is 12.8 Å². The molecule has 0 fully saturated rings. The molecule has 1 N–H and O–H groups in total. The predicted molar refractivity (Wildman–Crippen MR) is 94.2 cm³/mol. The highest BCUT2D eigenvalue weighted by atomic mass is 33.1. The average molecular weight is 367 g/mol. The van der Waals surface area contributed by atoms with Gasteiger partial charge in [-0.3, -0.25) is 18.6 Å². The van der Waals surface area contributed by atoms with Gasteiger partial charge in [-0.05, 0) is 12.8 Å². The summed E-state index contributed by atoms with van der Waals surface area (Å²) in [5.74, 6) is -2.62. The summed E-state index contributed by atoms with van der Waals surface area (Å²) >= 11 is 4.61. The monoisotopic (exact) mass is 366 g/mol. The standard InChI is InChI=1S/C15H27NO5S2/c1-6-8-11(17)15(14(19)20,12(18)9-7-2)13(21-23-22)10-16(3,4)5/h13H,6-10H2,1-5H3,(H-,19,20,22)/p+1. The van der Waals surface area contributed by atoms with Gasteiger partial charge in [0.2, 0.25) is 5.41 Å². The first-order valence-electron chi connectivity index (χ1n) is 7.65. The van der Waals surface area contributed by atoms with Crippen molar-refractivity contribution in [2.24, 2.45) is 5.41 Å². The fraction of sp³-hybridized carbons (Fsp3) is 0.800. The molecule has 0 aromatic carbocycles. The molecule has 23 heavy (non-hydrogen) atoms. The van der Waals surface area contributed by atoms with Gasteiger partial charge in [0.15, 0.2) is 17.7 Å². The number of carbonyl (C=O) groups excluding carboxylic acids is 2. The summed E-state index contributed by atoms with van der Waals surface area (Å²) in [7, 11) is 5.54. The van der Waals surface area contributed by atoms with Crippen LogP contribution in [-0.2, 0) is 18.6 Å². The number of Topliss-reactive ketones (excluding diaryl/α,β-unsaturated/α-hetero) is 2.